The van der Waals surface area contributed by atoms with E-state index in [-0.39, 0.29) is 28.7 Å². The predicted octanol–water partition coefficient (Wildman–Crippen LogP) is 4.23. The number of anilines is 1. The Hall–Kier alpha value is -3.82. The van der Waals surface area contributed by atoms with Gasteiger partial charge >= 0.3 is 11.7 Å². The van der Waals surface area contributed by atoms with Crippen LogP contribution in [0, 0.1) is 10.1 Å². The van der Waals surface area contributed by atoms with Crippen molar-refractivity contribution < 1.29 is 19.3 Å². The first-order chi connectivity index (χ1) is 16.7. The van der Waals surface area contributed by atoms with E-state index in [2.05, 4.69) is 55.3 Å². The Balaban J connectivity index is 1.77. The average molecular weight is 492 g/mol. The molecule has 182 valence electrons. The molecule has 0 spiro atoms. The van der Waals surface area contributed by atoms with Crippen molar-refractivity contribution in [3.05, 3.63) is 101 Å². The number of benzene rings is 2. The van der Waals surface area contributed by atoms with Crippen LogP contribution in [0.25, 0.3) is 0 Å². The number of rotatable bonds is 10. The molecule has 8 nitrogen and oxygen atoms in total. The van der Waals surface area contributed by atoms with E-state index in [0.29, 0.717) is 6.61 Å². The normalized spacial score (nSPS) is 12.0. The van der Waals surface area contributed by atoms with Gasteiger partial charge in [-0.1, -0.05) is 93.6 Å². The summed E-state index contributed by atoms with van der Waals surface area (Å²) >= 11 is 0. The first-order valence-corrected chi connectivity index (χ1v) is 13.1. The molecular formula is C26H29N3O5Si. The molecular weight excluding hydrogens is 462 g/mol. The molecule has 0 unspecified atom stereocenters. The second-order valence-electron chi connectivity index (χ2n) is 8.98. The zero-order valence-electron chi connectivity index (χ0n) is 20.0. The third kappa shape index (κ3) is 5.82. The van der Waals surface area contributed by atoms with Crippen molar-refractivity contribution in [1.82, 2.24) is 4.98 Å². The van der Waals surface area contributed by atoms with E-state index in [0.717, 1.165) is 12.3 Å². The van der Waals surface area contributed by atoms with Crippen molar-refractivity contribution in [2.45, 2.75) is 25.8 Å². The topological polar surface area (TPSA) is 115 Å². The molecule has 35 heavy (non-hydrogen) atoms. The fourth-order valence-electron chi connectivity index (χ4n) is 4.09. The molecule has 0 saturated carbocycles. The fourth-order valence-corrected chi connectivity index (χ4v) is 8.59. The van der Waals surface area contributed by atoms with Crippen LogP contribution in [0.3, 0.4) is 0 Å². The number of hydrogen-bond acceptors (Lipinski definition) is 6. The number of nitro groups is 1. The van der Waals surface area contributed by atoms with Gasteiger partial charge in [0.15, 0.2) is 0 Å². The summed E-state index contributed by atoms with van der Waals surface area (Å²) in [5, 5.41) is 25.4. The summed E-state index contributed by atoms with van der Waals surface area (Å²) in [7, 11) is -2.64. The van der Waals surface area contributed by atoms with Crippen LogP contribution in [0.4, 0.5) is 11.5 Å². The quantitative estimate of drug-likeness (QED) is 0.189. The monoisotopic (exact) mass is 491 g/mol. The van der Waals surface area contributed by atoms with Gasteiger partial charge in [-0.25, -0.2) is 9.78 Å². The number of pyridine rings is 1. The zero-order valence-corrected chi connectivity index (χ0v) is 21.0. The Bertz CT molecular complexity index is 1160. The highest BCUT2D eigenvalue weighted by Gasteiger charge is 2.49. The van der Waals surface area contributed by atoms with Crippen molar-refractivity contribution in [2.75, 3.05) is 18.5 Å². The summed E-state index contributed by atoms with van der Waals surface area (Å²) in [6, 6.07) is 21.6. The van der Waals surface area contributed by atoms with Crippen molar-refractivity contribution in [3.63, 3.8) is 0 Å². The zero-order chi connectivity index (χ0) is 25.5. The molecule has 0 bridgehead atoms. The number of aromatic nitrogens is 1. The minimum atomic E-state index is -2.64. The van der Waals surface area contributed by atoms with Gasteiger partial charge in [0.25, 0.3) is 8.32 Å². The maximum absolute atomic E-state index is 11.3. The van der Waals surface area contributed by atoms with Crippen molar-refractivity contribution in [3.8, 4) is 0 Å². The smallest absolute Gasteiger partial charge is 0.337 e. The van der Waals surface area contributed by atoms with Crippen molar-refractivity contribution in [2.24, 2.45) is 0 Å². The van der Waals surface area contributed by atoms with E-state index in [9.17, 15) is 14.9 Å². The van der Waals surface area contributed by atoms with E-state index in [1.54, 1.807) is 0 Å². The lowest BCUT2D eigenvalue weighted by Gasteiger charge is -2.42. The van der Waals surface area contributed by atoms with Crippen LogP contribution in [0.5, 0.6) is 0 Å². The van der Waals surface area contributed by atoms with Gasteiger partial charge in [0.05, 0.1) is 17.1 Å². The molecule has 3 aromatic rings. The molecule has 0 fully saturated rings. The van der Waals surface area contributed by atoms with Gasteiger partial charge in [-0.15, -0.1) is 0 Å². The highest BCUT2D eigenvalue weighted by atomic mass is 28.4. The van der Waals surface area contributed by atoms with Gasteiger partial charge in [-0.2, -0.15) is 0 Å². The van der Waals surface area contributed by atoms with Crippen LogP contribution < -0.4 is 15.7 Å². The molecule has 2 N–H and O–H groups in total. The van der Waals surface area contributed by atoms with Gasteiger partial charge in [0, 0.05) is 18.8 Å². The van der Waals surface area contributed by atoms with Crippen molar-refractivity contribution in [1.29, 1.82) is 0 Å². The second kappa shape index (κ2) is 11.1. The van der Waals surface area contributed by atoms with Crippen LogP contribution in [-0.2, 0) is 4.43 Å². The van der Waals surface area contributed by atoms with Gasteiger partial charge in [-0.3, -0.25) is 10.1 Å². The van der Waals surface area contributed by atoms with Crippen LogP contribution in [0.15, 0.2) is 85.1 Å². The molecule has 0 aliphatic carbocycles. The lowest BCUT2D eigenvalue weighted by Crippen LogP contribution is -2.66. The summed E-state index contributed by atoms with van der Waals surface area (Å²) in [5.74, 6) is -1.26. The molecule has 0 atom stereocenters. The Morgan fingerprint density at radius 2 is 1.66 bits per heavy atom. The summed E-state index contributed by atoms with van der Waals surface area (Å²) in [5.41, 5.74) is -0.627. The number of aromatic carboxylic acids is 1. The van der Waals surface area contributed by atoms with E-state index in [1.807, 2.05) is 48.6 Å². The summed E-state index contributed by atoms with van der Waals surface area (Å²) in [4.78, 5) is 25.6. The number of carboxylic acids is 1. The Morgan fingerprint density at radius 3 is 2.14 bits per heavy atom. The van der Waals surface area contributed by atoms with E-state index < -0.39 is 19.2 Å². The van der Waals surface area contributed by atoms with Crippen LogP contribution in [0.2, 0.25) is 5.04 Å². The molecule has 9 heteroatoms. The lowest BCUT2D eigenvalue weighted by molar-refractivity contribution is -0.384. The predicted molar refractivity (Wildman–Crippen MR) is 139 cm³/mol. The van der Waals surface area contributed by atoms with Crippen LogP contribution in [-0.4, -0.2) is 42.5 Å². The first-order valence-electron chi connectivity index (χ1n) is 11.2. The molecule has 0 amide bonds. The Kier molecular flexibility index (Phi) is 8.16. The number of nitrogens with one attached hydrogen (secondary N) is 1. The maximum atomic E-state index is 11.3. The lowest BCUT2D eigenvalue weighted by atomic mass is 10.2. The highest BCUT2D eigenvalue weighted by Crippen LogP contribution is 2.36. The minimum absolute atomic E-state index is 0.0116. The van der Waals surface area contributed by atoms with Gasteiger partial charge in [0.1, 0.15) is 0 Å². The molecule has 0 radical (unpaired) electrons. The van der Waals surface area contributed by atoms with E-state index in [1.165, 1.54) is 10.4 Å². The summed E-state index contributed by atoms with van der Waals surface area (Å²) in [6.45, 7) is 7.25. The molecule has 0 saturated heterocycles. The molecule has 2 aromatic carbocycles. The van der Waals surface area contributed by atoms with Crippen molar-refractivity contribution >= 4 is 36.2 Å². The number of carboxylic acid groups (broad SMARTS) is 1. The van der Waals surface area contributed by atoms with E-state index >= 15 is 0 Å². The standard InChI is InChI=1S/C26H29N3O5Si/c1-26(2,3)35(21-12-6-4-7-13-21,22-14-8-5-9-15-22)34-17-11-10-16-27-24-23(29(32)33)18-20(19-28-24)25(30)31/h4-15,18-19H,16-17H2,1-3H3,(H,27,28)(H,30,31). The summed E-state index contributed by atoms with van der Waals surface area (Å²) < 4.78 is 6.76. The van der Waals surface area contributed by atoms with Gasteiger partial charge in [0.2, 0.25) is 5.82 Å². The largest absolute Gasteiger partial charge is 0.478 e. The highest BCUT2D eigenvalue weighted by molar-refractivity contribution is 6.99. The minimum Gasteiger partial charge on any atom is -0.478 e. The number of hydrogen-bond donors (Lipinski definition) is 2. The molecule has 0 aliphatic rings. The first kappa shape index (κ1) is 25.8. The van der Waals surface area contributed by atoms with Gasteiger partial charge in [-0.05, 0) is 15.4 Å². The fraction of sp³-hybridized carbons (Fsp3) is 0.231. The molecule has 0 aliphatic heterocycles. The van der Waals surface area contributed by atoms with Gasteiger partial charge < -0.3 is 14.8 Å². The molecule has 1 aromatic heterocycles. The molecule has 1 heterocycles. The number of carbonyl (C=O) groups is 1. The second-order valence-corrected chi connectivity index (χ2v) is 13.3. The molecule has 3 rings (SSSR count). The summed E-state index contributed by atoms with van der Waals surface area (Å²) in [6.07, 6.45) is 4.78. The van der Waals surface area contributed by atoms with Crippen LogP contribution >= 0.6 is 0 Å². The maximum Gasteiger partial charge on any atom is 0.337 e. The Labute approximate surface area is 205 Å². The Morgan fingerprint density at radius 1 is 1.09 bits per heavy atom. The number of nitrogens with zero attached hydrogens (tertiary/aromatic N) is 2. The third-order valence-corrected chi connectivity index (χ3v) is 10.7. The average Bonchev–Trinajstić information content (AvgIpc) is 2.84. The van der Waals surface area contributed by atoms with E-state index in [4.69, 9.17) is 9.53 Å². The van der Waals surface area contributed by atoms with Crippen LogP contribution in [0.1, 0.15) is 31.1 Å². The SMILES string of the molecule is CC(C)(C)[Si](OCC=CCNc1ncc(C(=O)O)cc1[N+](=O)[O-])(c1ccccc1)c1ccccc1. The third-order valence-electron chi connectivity index (χ3n) is 5.68.